The number of halogens is 3. The molecule has 0 bridgehead atoms. The quantitative estimate of drug-likeness (QED) is 0.0890. The average molecular weight is 1060 g/mol. The average Bonchev–Trinajstić information content (AvgIpc) is 3.34. The fourth-order valence-corrected chi connectivity index (χ4v) is 9.08. The van der Waals surface area contributed by atoms with Gasteiger partial charge in [0, 0.05) is 78.8 Å². The summed E-state index contributed by atoms with van der Waals surface area (Å²) in [6.45, 7) is 14.5. The van der Waals surface area contributed by atoms with Gasteiger partial charge in [0.2, 0.25) is 0 Å². The van der Waals surface area contributed by atoms with Crippen molar-refractivity contribution in [2.45, 2.75) is 85.7 Å². The molecule has 1 N–H and O–H groups in total. The van der Waals surface area contributed by atoms with Crippen LogP contribution in [0.1, 0.15) is 85.3 Å². The standard InChI is InChI=1S/C45H34F3N2.C13H24O2.Ir/c1-44(2,3)39-25-30(23-28-13-5-6-14-31(28)39)41-26-37(40(27-49-41)45(46,47)48)29-21-22-34-36-18-10-12-20-43(36)50(4)42-19-11-9-17-35(42)32-15-7-8-16-33(32)38(34)24-29;1-5-10(6-2)12(14)9-13(15)11(7-3)8-4;/h5-22,24-27H,1-4H3;9-11,14H,5-8H2,1-4H3;/q-1;;/b;12-9-;. The van der Waals surface area contributed by atoms with Crippen LogP contribution in [0.25, 0.3) is 76.5 Å². The molecule has 0 saturated heterocycles. The molecule has 0 atom stereocenters. The summed E-state index contributed by atoms with van der Waals surface area (Å²) in [6, 6.07) is 45.3. The molecule has 8 aromatic rings. The fraction of sp³-hybridized carbons (Fsp3) is 0.276. The van der Waals surface area contributed by atoms with E-state index in [1.54, 1.807) is 6.07 Å². The minimum absolute atomic E-state index is 0. The monoisotopic (exact) mass is 1060 g/mol. The van der Waals surface area contributed by atoms with Crippen molar-refractivity contribution >= 4 is 59.9 Å². The Morgan fingerprint density at radius 2 is 1.15 bits per heavy atom. The summed E-state index contributed by atoms with van der Waals surface area (Å²) >= 11 is 0. The molecule has 0 fully saturated rings. The first-order valence-electron chi connectivity index (χ1n) is 22.7. The van der Waals surface area contributed by atoms with Crippen molar-refractivity contribution in [3.8, 4) is 22.4 Å². The number of fused-ring (bicyclic) bond motifs is 8. The molecule has 2 heterocycles. The van der Waals surface area contributed by atoms with E-state index >= 15 is 0 Å². The Bertz CT molecular complexity index is 3130. The molecule has 6 aromatic carbocycles. The second-order valence-corrected chi connectivity index (χ2v) is 17.9. The van der Waals surface area contributed by atoms with Crippen LogP contribution in [0.2, 0.25) is 0 Å². The van der Waals surface area contributed by atoms with E-state index < -0.39 is 11.7 Å². The van der Waals surface area contributed by atoms with Gasteiger partial charge in [0.1, 0.15) is 0 Å². The number of nitrogens with zero attached hydrogens (tertiary/aromatic N) is 2. The molecule has 2 aromatic heterocycles. The van der Waals surface area contributed by atoms with Crippen molar-refractivity contribution in [1.82, 2.24) is 9.55 Å². The molecule has 0 aliphatic heterocycles. The third kappa shape index (κ3) is 10.3. The number of carbonyl (C=O) groups excluding carboxylic acids is 1. The smallest absolute Gasteiger partial charge is 0.418 e. The van der Waals surface area contributed by atoms with Crippen LogP contribution in [-0.2, 0) is 43.5 Å². The first-order valence-corrected chi connectivity index (χ1v) is 22.7. The van der Waals surface area contributed by atoms with Gasteiger partial charge in [0.15, 0.2) is 5.78 Å². The van der Waals surface area contributed by atoms with Crippen molar-refractivity contribution in [2.24, 2.45) is 18.9 Å². The number of para-hydroxylation sites is 2. The first kappa shape index (κ1) is 49.6. The van der Waals surface area contributed by atoms with Gasteiger partial charge in [-0.1, -0.05) is 156 Å². The number of allylic oxidation sites excluding steroid dienone is 2. The van der Waals surface area contributed by atoms with Crippen molar-refractivity contribution in [2.75, 3.05) is 0 Å². The first-order chi connectivity index (χ1) is 31.1. The normalized spacial score (nSPS) is 12.2. The maximum Gasteiger partial charge on any atom is 0.418 e. The summed E-state index contributed by atoms with van der Waals surface area (Å²) in [6.07, 6.45) is 1.27. The molecule has 1 radical (unpaired) electrons. The summed E-state index contributed by atoms with van der Waals surface area (Å²) in [5, 5.41) is 17.5. The number of ketones is 1. The zero-order chi connectivity index (χ0) is 46.6. The van der Waals surface area contributed by atoms with E-state index in [1.807, 2.05) is 107 Å². The van der Waals surface area contributed by atoms with Gasteiger partial charge in [-0.25, -0.2) is 0 Å². The van der Waals surface area contributed by atoms with Crippen LogP contribution in [0.5, 0.6) is 0 Å². The minimum Gasteiger partial charge on any atom is -0.512 e. The zero-order valence-electron chi connectivity index (χ0n) is 39.0. The van der Waals surface area contributed by atoms with Crippen molar-refractivity contribution in [3.05, 3.63) is 163 Å². The molecule has 66 heavy (non-hydrogen) atoms. The van der Waals surface area contributed by atoms with Crippen molar-refractivity contribution in [1.29, 1.82) is 0 Å². The molecule has 0 aliphatic carbocycles. The summed E-state index contributed by atoms with van der Waals surface area (Å²) in [7, 11) is 2.06. The molecule has 4 nitrogen and oxygen atoms in total. The van der Waals surface area contributed by atoms with E-state index in [-0.39, 0.29) is 54.5 Å². The Kier molecular flexibility index (Phi) is 15.6. The van der Waals surface area contributed by atoms with Gasteiger partial charge in [0.25, 0.3) is 0 Å². The molecule has 0 unspecified atom stereocenters. The van der Waals surface area contributed by atoms with Gasteiger partial charge in [-0.2, -0.15) is 13.2 Å². The van der Waals surface area contributed by atoms with Crippen molar-refractivity contribution in [3.63, 3.8) is 0 Å². The van der Waals surface area contributed by atoms with E-state index in [1.165, 1.54) is 6.08 Å². The molecule has 0 spiro atoms. The topological polar surface area (TPSA) is 55.1 Å². The third-order valence-corrected chi connectivity index (χ3v) is 12.8. The number of aliphatic hydroxyl groups excluding tert-OH is 1. The van der Waals surface area contributed by atoms with Crippen LogP contribution in [0.4, 0.5) is 13.2 Å². The van der Waals surface area contributed by atoms with Crippen LogP contribution in [-0.4, -0.2) is 20.4 Å². The summed E-state index contributed by atoms with van der Waals surface area (Å²) in [5.41, 5.74) is 3.78. The predicted octanol–water partition coefficient (Wildman–Crippen LogP) is 16.6. The molecule has 0 aliphatic rings. The number of aliphatic hydroxyl groups is 1. The number of hydrogen-bond acceptors (Lipinski definition) is 3. The maximum atomic E-state index is 14.8. The number of rotatable bonds is 9. The third-order valence-electron chi connectivity index (χ3n) is 12.8. The van der Waals surface area contributed by atoms with Crippen molar-refractivity contribution < 1.29 is 43.2 Å². The Morgan fingerprint density at radius 3 is 1.70 bits per heavy atom. The van der Waals surface area contributed by atoms with E-state index in [0.29, 0.717) is 16.8 Å². The van der Waals surface area contributed by atoms with Gasteiger partial charge in [-0.05, 0) is 82.0 Å². The van der Waals surface area contributed by atoms with Crippen LogP contribution in [0, 0.1) is 17.9 Å². The van der Waals surface area contributed by atoms with E-state index in [2.05, 4.69) is 85.9 Å². The molecule has 0 saturated carbocycles. The number of hydrogen-bond donors (Lipinski definition) is 1. The molecular weight excluding hydrogens is 1010 g/mol. The van der Waals surface area contributed by atoms with E-state index in [4.69, 9.17) is 0 Å². The molecule has 8 rings (SSSR count). The number of carbonyl (C=O) groups is 1. The largest absolute Gasteiger partial charge is 0.512 e. The minimum atomic E-state index is -4.61. The summed E-state index contributed by atoms with van der Waals surface area (Å²) in [4.78, 5) is 16.1. The molecule has 343 valence electrons. The SMILES string of the molecule is CCC(CC)C(=O)/C=C(\O)C(CC)CC.Cn1c2ccccc2c2ccccc2c2cc(-c3cc(-c4[c-]c5ccccc5c(C(C)(C)C)c4)ncc3C(F)(F)F)ccc2c2ccccc21.[Ir]. The Hall–Kier alpha value is -5.82. The van der Waals surface area contributed by atoms with Crippen LogP contribution >= 0.6 is 0 Å². The van der Waals surface area contributed by atoms with Gasteiger partial charge in [-0.3, -0.25) is 9.78 Å². The number of alkyl halides is 3. The van der Waals surface area contributed by atoms with Crippen LogP contribution in [0.15, 0.2) is 145 Å². The van der Waals surface area contributed by atoms with E-state index in [9.17, 15) is 23.1 Å². The Balaban J connectivity index is 0.000000389. The fourth-order valence-electron chi connectivity index (χ4n) is 9.08. The maximum absolute atomic E-state index is 14.8. The van der Waals surface area contributed by atoms with Gasteiger partial charge < -0.3 is 9.67 Å². The number of benzene rings is 6. The molecule has 8 heteroatoms. The second-order valence-electron chi connectivity index (χ2n) is 17.9. The van der Waals surface area contributed by atoms with Gasteiger partial charge >= 0.3 is 6.18 Å². The second kappa shape index (κ2) is 20.8. The zero-order valence-corrected chi connectivity index (χ0v) is 41.4. The summed E-state index contributed by atoms with van der Waals surface area (Å²) < 4.78 is 46.6. The molecule has 0 amide bonds. The van der Waals surface area contributed by atoms with Gasteiger partial charge in [0.05, 0.1) is 11.3 Å². The van der Waals surface area contributed by atoms with Crippen LogP contribution < -0.4 is 0 Å². The van der Waals surface area contributed by atoms with Gasteiger partial charge in [-0.15, -0.1) is 29.1 Å². The van der Waals surface area contributed by atoms with E-state index in [0.717, 1.165) is 91.6 Å². The summed E-state index contributed by atoms with van der Waals surface area (Å²) in [5.74, 6) is 0.547. The number of aromatic nitrogens is 2. The number of pyridine rings is 1. The molecular formula is C58H58F3IrN2O2-. The Labute approximate surface area is 400 Å². The number of aryl methyl sites for hydroxylation is 1. The van der Waals surface area contributed by atoms with Crippen LogP contribution in [0.3, 0.4) is 0 Å². The Morgan fingerprint density at radius 1 is 0.652 bits per heavy atom. The predicted molar refractivity (Wildman–Crippen MR) is 266 cm³/mol.